The minimum atomic E-state index is -0.0588. The first-order valence-corrected chi connectivity index (χ1v) is 5.47. The monoisotopic (exact) mass is 201 g/mol. The van der Waals surface area contributed by atoms with Crippen LogP contribution in [0.3, 0.4) is 0 Å². The Morgan fingerprint density at radius 2 is 2.00 bits per heavy atom. The summed E-state index contributed by atoms with van der Waals surface area (Å²) in [5, 5.41) is 3.49. The van der Waals surface area contributed by atoms with Crippen LogP contribution in [-0.2, 0) is 9.47 Å². The first kappa shape index (κ1) is 12.0. The van der Waals surface area contributed by atoms with Gasteiger partial charge in [-0.3, -0.25) is 0 Å². The highest BCUT2D eigenvalue weighted by Gasteiger charge is 2.30. The number of nitrogens with one attached hydrogen (secondary N) is 1. The molecular weight excluding hydrogens is 178 g/mol. The average molecular weight is 201 g/mol. The summed E-state index contributed by atoms with van der Waals surface area (Å²) in [6.07, 6.45) is 2.78. The molecule has 0 amide bonds. The lowest BCUT2D eigenvalue weighted by molar-refractivity contribution is -0.0229. The van der Waals surface area contributed by atoms with Gasteiger partial charge in [-0.05, 0) is 33.6 Å². The minimum Gasteiger partial charge on any atom is -0.378 e. The van der Waals surface area contributed by atoms with Crippen LogP contribution < -0.4 is 5.32 Å². The molecule has 3 nitrogen and oxygen atoms in total. The first-order chi connectivity index (χ1) is 6.57. The molecule has 1 saturated carbocycles. The zero-order chi connectivity index (χ0) is 10.6. The van der Waals surface area contributed by atoms with Crippen molar-refractivity contribution in [1.82, 2.24) is 5.32 Å². The largest absolute Gasteiger partial charge is 0.378 e. The highest BCUT2D eigenvalue weighted by Crippen LogP contribution is 2.23. The Balaban J connectivity index is 2.06. The molecule has 0 saturated heterocycles. The molecule has 1 aliphatic rings. The molecule has 1 aliphatic carbocycles. The fraction of sp³-hybridized carbons (Fsp3) is 1.00. The van der Waals surface area contributed by atoms with E-state index in [1.54, 1.807) is 7.11 Å². The molecule has 0 atom stereocenters. The van der Waals surface area contributed by atoms with E-state index in [-0.39, 0.29) is 5.60 Å². The molecule has 0 aromatic heterocycles. The molecule has 0 heterocycles. The van der Waals surface area contributed by atoms with Crippen LogP contribution >= 0.6 is 0 Å². The second-order valence-corrected chi connectivity index (χ2v) is 4.59. The third-order valence-corrected chi connectivity index (χ3v) is 2.87. The second-order valence-electron chi connectivity index (χ2n) is 4.59. The van der Waals surface area contributed by atoms with E-state index >= 15 is 0 Å². The summed E-state index contributed by atoms with van der Waals surface area (Å²) in [7, 11) is 1.76. The van der Waals surface area contributed by atoms with Gasteiger partial charge in [0.15, 0.2) is 0 Å². The minimum absolute atomic E-state index is 0.0588. The standard InChI is InChI=1S/C11H23NO2/c1-5-14-10-6-9(7-10)12-8-11(2,3)13-4/h9-10,12H,5-8H2,1-4H3. The summed E-state index contributed by atoms with van der Waals surface area (Å²) in [4.78, 5) is 0. The van der Waals surface area contributed by atoms with Crippen LogP contribution in [0.15, 0.2) is 0 Å². The molecule has 0 spiro atoms. The Labute approximate surface area is 87.2 Å². The van der Waals surface area contributed by atoms with Crippen LogP contribution in [0.25, 0.3) is 0 Å². The molecule has 14 heavy (non-hydrogen) atoms. The Hall–Kier alpha value is -0.120. The predicted molar refractivity (Wildman–Crippen MR) is 57.5 cm³/mol. The van der Waals surface area contributed by atoms with Crippen LogP contribution in [0.2, 0.25) is 0 Å². The predicted octanol–water partition coefficient (Wildman–Crippen LogP) is 1.57. The van der Waals surface area contributed by atoms with Gasteiger partial charge < -0.3 is 14.8 Å². The molecule has 0 aromatic carbocycles. The van der Waals surface area contributed by atoms with Crippen LogP contribution in [0.1, 0.15) is 33.6 Å². The SMILES string of the molecule is CCOC1CC(NCC(C)(C)OC)C1. The number of hydrogen-bond donors (Lipinski definition) is 1. The van der Waals surface area contributed by atoms with Crippen molar-refractivity contribution in [3.05, 3.63) is 0 Å². The lowest BCUT2D eigenvalue weighted by Crippen LogP contribution is -2.50. The van der Waals surface area contributed by atoms with E-state index in [2.05, 4.69) is 26.1 Å². The number of hydrogen-bond acceptors (Lipinski definition) is 3. The van der Waals surface area contributed by atoms with Crippen molar-refractivity contribution >= 4 is 0 Å². The summed E-state index contributed by atoms with van der Waals surface area (Å²) in [6, 6.07) is 0.626. The topological polar surface area (TPSA) is 30.5 Å². The van der Waals surface area contributed by atoms with Crippen molar-refractivity contribution in [3.8, 4) is 0 Å². The Morgan fingerprint density at radius 3 is 2.50 bits per heavy atom. The van der Waals surface area contributed by atoms with Gasteiger partial charge in [-0.1, -0.05) is 0 Å². The fourth-order valence-corrected chi connectivity index (χ4v) is 1.57. The van der Waals surface area contributed by atoms with E-state index in [9.17, 15) is 0 Å². The summed E-state index contributed by atoms with van der Waals surface area (Å²) in [5.41, 5.74) is -0.0588. The molecule has 0 bridgehead atoms. The number of methoxy groups -OCH3 is 1. The van der Waals surface area contributed by atoms with Gasteiger partial charge in [0.1, 0.15) is 0 Å². The van der Waals surface area contributed by atoms with E-state index in [0.29, 0.717) is 12.1 Å². The van der Waals surface area contributed by atoms with Crippen molar-refractivity contribution in [2.45, 2.75) is 51.4 Å². The van der Waals surface area contributed by atoms with Crippen molar-refractivity contribution in [3.63, 3.8) is 0 Å². The Bertz CT molecular complexity index is 165. The maximum Gasteiger partial charge on any atom is 0.0746 e. The lowest BCUT2D eigenvalue weighted by Gasteiger charge is -2.37. The normalized spacial score (nSPS) is 27.4. The highest BCUT2D eigenvalue weighted by atomic mass is 16.5. The van der Waals surface area contributed by atoms with Crippen molar-refractivity contribution in [2.24, 2.45) is 0 Å². The highest BCUT2D eigenvalue weighted by molar-refractivity contribution is 4.87. The second kappa shape index (κ2) is 5.10. The van der Waals surface area contributed by atoms with E-state index in [4.69, 9.17) is 9.47 Å². The maximum atomic E-state index is 5.50. The molecule has 0 aromatic rings. The molecule has 0 unspecified atom stereocenters. The van der Waals surface area contributed by atoms with Crippen LogP contribution in [-0.4, -0.2) is 38.0 Å². The molecule has 84 valence electrons. The van der Waals surface area contributed by atoms with Crippen LogP contribution in [0.4, 0.5) is 0 Å². The van der Waals surface area contributed by atoms with Crippen molar-refractivity contribution in [1.29, 1.82) is 0 Å². The first-order valence-electron chi connectivity index (χ1n) is 5.47. The molecular formula is C11H23NO2. The van der Waals surface area contributed by atoms with Gasteiger partial charge in [-0.15, -0.1) is 0 Å². The third kappa shape index (κ3) is 3.56. The molecule has 3 heteroatoms. The van der Waals surface area contributed by atoms with Gasteiger partial charge in [-0.2, -0.15) is 0 Å². The van der Waals surface area contributed by atoms with E-state index in [1.165, 1.54) is 0 Å². The van der Waals surface area contributed by atoms with Gasteiger partial charge in [-0.25, -0.2) is 0 Å². The maximum absolute atomic E-state index is 5.50. The summed E-state index contributed by atoms with van der Waals surface area (Å²) in [6.45, 7) is 7.99. The van der Waals surface area contributed by atoms with Gasteiger partial charge >= 0.3 is 0 Å². The molecule has 0 radical (unpaired) electrons. The smallest absolute Gasteiger partial charge is 0.0746 e. The third-order valence-electron chi connectivity index (χ3n) is 2.87. The van der Waals surface area contributed by atoms with E-state index in [1.807, 2.05) is 0 Å². The zero-order valence-electron chi connectivity index (χ0n) is 9.80. The molecule has 1 fully saturated rings. The van der Waals surface area contributed by atoms with Gasteiger partial charge in [0.2, 0.25) is 0 Å². The van der Waals surface area contributed by atoms with Crippen LogP contribution in [0, 0.1) is 0 Å². The van der Waals surface area contributed by atoms with Crippen molar-refractivity contribution < 1.29 is 9.47 Å². The quantitative estimate of drug-likeness (QED) is 0.707. The summed E-state index contributed by atoms with van der Waals surface area (Å²) in [5.74, 6) is 0. The van der Waals surface area contributed by atoms with Gasteiger partial charge in [0.25, 0.3) is 0 Å². The lowest BCUT2D eigenvalue weighted by atomic mass is 9.88. The average Bonchev–Trinajstić information content (AvgIpc) is 2.09. The summed E-state index contributed by atoms with van der Waals surface area (Å²) < 4.78 is 10.8. The Kier molecular flexibility index (Phi) is 4.35. The molecule has 1 rings (SSSR count). The van der Waals surface area contributed by atoms with Gasteiger partial charge in [0.05, 0.1) is 11.7 Å². The van der Waals surface area contributed by atoms with Crippen LogP contribution in [0.5, 0.6) is 0 Å². The van der Waals surface area contributed by atoms with E-state index < -0.39 is 0 Å². The number of rotatable bonds is 6. The number of ether oxygens (including phenoxy) is 2. The summed E-state index contributed by atoms with van der Waals surface area (Å²) >= 11 is 0. The Morgan fingerprint density at radius 1 is 1.36 bits per heavy atom. The van der Waals surface area contributed by atoms with E-state index in [0.717, 1.165) is 26.0 Å². The zero-order valence-corrected chi connectivity index (χ0v) is 9.80. The molecule has 0 aliphatic heterocycles. The van der Waals surface area contributed by atoms with Gasteiger partial charge in [0, 0.05) is 26.3 Å². The molecule has 1 N–H and O–H groups in total. The fourth-order valence-electron chi connectivity index (χ4n) is 1.57. The van der Waals surface area contributed by atoms with Crippen molar-refractivity contribution in [2.75, 3.05) is 20.3 Å².